The summed E-state index contributed by atoms with van der Waals surface area (Å²) in [5.74, 6) is -0.865. The van der Waals surface area contributed by atoms with Gasteiger partial charge in [-0.2, -0.15) is 0 Å². The van der Waals surface area contributed by atoms with Crippen molar-refractivity contribution in [3.05, 3.63) is 40.1 Å². The predicted molar refractivity (Wildman–Crippen MR) is 169 cm³/mol. The van der Waals surface area contributed by atoms with Gasteiger partial charge in [0.25, 0.3) is 11.6 Å². The monoisotopic (exact) mass is 589 g/mol. The number of amides is 1. The number of hydrogen-bond donors (Lipinski definition) is 3. The Labute approximate surface area is 250 Å². The molecular weight excluding hydrogens is 538 g/mol. The van der Waals surface area contributed by atoms with Crippen molar-refractivity contribution in [2.45, 2.75) is 122 Å². The third-order valence-corrected chi connectivity index (χ3v) is 8.74. The van der Waals surface area contributed by atoms with Gasteiger partial charge in [0.05, 0.1) is 0 Å². The Morgan fingerprint density at radius 2 is 1.68 bits per heavy atom. The molecule has 0 radical (unpaired) electrons. The molecule has 0 saturated carbocycles. The third kappa shape index (κ3) is 7.93. The number of carbonyl (C=O) groups excluding carboxylic acids is 1. The van der Waals surface area contributed by atoms with Crippen LogP contribution in [0.15, 0.2) is 28.4 Å². The average Bonchev–Trinajstić information content (AvgIpc) is 2.83. The number of nitrogens with zero attached hydrogens (tertiary/aromatic N) is 2. The van der Waals surface area contributed by atoms with Crippen molar-refractivity contribution >= 4 is 29.9 Å². The number of aliphatic imine (C=N–C) groups is 1. The van der Waals surface area contributed by atoms with E-state index in [0.717, 1.165) is 23.1 Å². The molecule has 0 aliphatic carbocycles. The SMILES string of the molecule is CCCCCC(C)(C)N.CO[C@@]1(N=Cc2cc(C(C)(C)C)c(O)c(C(C)(C)C)c2)C(=O)N2C(C(=O)O)=C(C)CS[C@H]21. The molecule has 1 aromatic rings. The van der Waals surface area contributed by atoms with Crippen LogP contribution >= 0.6 is 11.8 Å². The predicted octanol–water partition coefficient (Wildman–Crippen LogP) is 6.33. The van der Waals surface area contributed by atoms with E-state index in [9.17, 15) is 19.8 Å². The molecular formula is C32H51N3O5S. The largest absolute Gasteiger partial charge is 0.507 e. The zero-order valence-electron chi connectivity index (χ0n) is 26.8. The number of β-lactam (4-membered cyclic amide) rings is 1. The van der Waals surface area contributed by atoms with Crippen molar-refractivity contribution in [1.82, 2.24) is 4.90 Å². The number of ether oxygens (including phenoxy) is 1. The summed E-state index contributed by atoms with van der Waals surface area (Å²) in [5.41, 5.74) is 6.73. The Balaban J connectivity index is 0.000000564. The summed E-state index contributed by atoms with van der Waals surface area (Å²) in [4.78, 5) is 30.6. The number of hydrogen-bond acceptors (Lipinski definition) is 7. The van der Waals surface area contributed by atoms with Crippen LogP contribution < -0.4 is 5.73 Å². The van der Waals surface area contributed by atoms with Gasteiger partial charge < -0.3 is 20.7 Å². The first-order chi connectivity index (χ1) is 18.7. The maximum Gasteiger partial charge on any atom is 0.352 e. The van der Waals surface area contributed by atoms with Crippen LogP contribution in [0, 0.1) is 0 Å². The van der Waals surface area contributed by atoms with E-state index in [-0.39, 0.29) is 27.8 Å². The van der Waals surface area contributed by atoms with Crippen LogP contribution in [0.25, 0.3) is 0 Å². The second-order valence-corrected chi connectivity index (χ2v) is 14.9. The molecule has 0 unspecified atom stereocenters. The number of phenols is 1. The highest BCUT2D eigenvalue weighted by Crippen LogP contribution is 2.48. The zero-order valence-corrected chi connectivity index (χ0v) is 27.7. The number of fused-ring (bicyclic) bond motifs is 1. The number of benzene rings is 1. The topological polar surface area (TPSA) is 125 Å². The van der Waals surface area contributed by atoms with Crippen LogP contribution in [0.3, 0.4) is 0 Å². The van der Waals surface area contributed by atoms with Gasteiger partial charge in [0, 0.05) is 35.7 Å². The van der Waals surface area contributed by atoms with E-state index < -0.39 is 23.0 Å². The minimum absolute atomic E-state index is 0.0105. The first-order valence-corrected chi connectivity index (χ1v) is 15.4. The van der Waals surface area contributed by atoms with Crippen molar-refractivity contribution in [2.75, 3.05) is 12.9 Å². The molecule has 4 N–H and O–H groups in total. The Hall–Kier alpha value is -2.36. The van der Waals surface area contributed by atoms with Crippen molar-refractivity contribution in [3.63, 3.8) is 0 Å². The number of phenolic OH excluding ortho intramolecular Hbond substituents is 1. The molecule has 230 valence electrons. The summed E-state index contributed by atoms with van der Waals surface area (Å²) in [6.07, 6.45) is 6.63. The molecule has 1 aromatic carbocycles. The minimum Gasteiger partial charge on any atom is -0.507 e. The van der Waals surface area contributed by atoms with Crippen LogP contribution in [0.2, 0.25) is 0 Å². The van der Waals surface area contributed by atoms with E-state index in [1.807, 2.05) is 53.7 Å². The van der Waals surface area contributed by atoms with Gasteiger partial charge in [-0.05, 0) is 61.3 Å². The average molecular weight is 590 g/mol. The highest BCUT2D eigenvalue weighted by Gasteiger charge is 2.65. The molecule has 2 aliphatic heterocycles. The molecule has 0 spiro atoms. The molecule has 9 heteroatoms. The van der Waals surface area contributed by atoms with Crippen LogP contribution in [0.4, 0.5) is 0 Å². The van der Waals surface area contributed by atoms with Gasteiger partial charge >= 0.3 is 5.97 Å². The first kappa shape index (κ1) is 34.8. The second-order valence-electron chi connectivity index (χ2n) is 13.8. The molecule has 3 rings (SSSR count). The summed E-state index contributed by atoms with van der Waals surface area (Å²) in [5, 5.41) is 20.0. The number of aromatic hydroxyl groups is 1. The van der Waals surface area contributed by atoms with Crippen molar-refractivity contribution in [3.8, 4) is 5.75 Å². The van der Waals surface area contributed by atoms with Crippen LogP contribution in [0.5, 0.6) is 5.75 Å². The van der Waals surface area contributed by atoms with Gasteiger partial charge in [-0.25, -0.2) is 9.79 Å². The normalized spacial score (nSPS) is 21.4. The Kier molecular flexibility index (Phi) is 10.9. The summed E-state index contributed by atoms with van der Waals surface area (Å²) in [6, 6.07) is 3.75. The van der Waals surface area contributed by atoms with Gasteiger partial charge in [-0.3, -0.25) is 9.69 Å². The fourth-order valence-corrected chi connectivity index (χ4v) is 6.28. The lowest BCUT2D eigenvalue weighted by molar-refractivity contribution is -0.182. The molecule has 2 heterocycles. The van der Waals surface area contributed by atoms with E-state index in [0.29, 0.717) is 11.3 Å². The lowest BCUT2D eigenvalue weighted by Gasteiger charge is -2.53. The summed E-state index contributed by atoms with van der Waals surface area (Å²) < 4.78 is 5.58. The van der Waals surface area contributed by atoms with E-state index >= 15 is 0 Å². The summed E-state index contributed by atoms with van der Waals surface area (Å²) in [6.45, 7) is 20.3. The summed E-state index contributed by atoms with van der Waals surface area (Å²) >= 11 is 1.44. The lowest BCUT2D eigenvalue weighted by Crippen LogP contribution is -2.73. The Morgan fingerprint density at radius 1 is 1.15 bits per heavy atom. The Morgan fingerprint density at radius 3 is 2.10 bits per heavy atom. The van der Waals surface area contributed by atoms with Gasteiger partial charge in [0.2, 0.25) is 0 Å². The van der Waals surface area contributed by atoms with E-state index in [4.69, 9.17) is 10.5 Å². The molecule has 1 saturated heterocycles. The second kappa shape index (κ2) is 12.9. The standard InChI is InChI=1S/C24H32N2O5S.C8H19N/c1-13-12-32-21-24(31-8,20(30)26(21)17(13)19(28)29)25-11-14-9-15(22(2,3)4)18(27)16(10-14)23(5,6)7;1-4-5-6-7-8(2,3)9/h9-11,21,27H,12H2,1-8H3,(H,28,29);4-7,9H2,1-3H3/t21-,24-;/m0./s1. The quantitative estimate of drug-likeness (QED) is 0.184. The fraction of sp³-hybridized carbons (Fsp3) is 0.656. The van der Waals surface area contributed by atoms with Gasteiger partial charge in [0.15, 0.2) is 0 Å². The number of unbranched alkanes of at least 4 members (excludes halogenated alkanes) is 2. The molecule has 2 atom stereocenters. The number of nitrogens with two attached hydrogens (primary N) is 1. The minimum atomic E-state index is -1.48. The molecule has 8 nitrogen and oxygen atoms in total. The summed E-state index contributed by atoms with van der Waals surface area (Å²) in [7, 11) is 1.41. The van der Waals surface area contributed by atoms with E-state index in [2.05, 4.69) is 25.8 Å². The number of carboxylic acids is 1. The molecule has 0 aromatic heterocycles. The maximum absolute atomic E-state index is 13.1. The molecule has 41 heavy (non-hydrogen) atoms. The number of methoxy groups -OCH3 is 1. The smallest absolute Gasteiger partial charge is 0.352 e. The zero-order chi connectivity index (χ0) is 31.6. The number of rotatable bonds is 8. The highest BCUT2D eigenvalue weighted by atomic mass is 32.2. The molecule has 1 fully saturated rings. The van der Waals surface area contributed by atoms with E-state index in [1.54, 1.807) is 13.1 Å². The van der Waals surface area contributed by atoms with E-state index in [1.165, 1.54) is 43.0 Å². The van der Waals surface area contributed by atoms with Gasteiger partial charge in [0.1, 0.15) is 16.8 Å². The molecule has 2 aliphatic rings. The van der Waals surface area contributed by atoms with Gasteiger partial charge in [-0.15, -0.1) is 11.8 Å². The first-order valence-electron chi connectivity index (χ1n) is 14.4. The highest BCUT2D eigenvalue weighted by molar-refractivity contribution is 8.00. The van der Waals surface area contributed by atoms with Crippen LogP contribution in [0.1, 0.15) is 112 Å². The van der Waals surface area contributed by atoms with Crippen molar-refractivity contribution in [2.24, 2.45) is 10.7 Å². The van der Waals surface area contributed by atoms with Crippen LogP contribution in [-0.4, -0.2) is 62.7 Å². The Bertz CT molecular complexity index is 1150. The molecule has 1 amide bonds. The fourth-order valence-electron chi connectivity index (χ4n) is 4.90. The number of aliphatic carboxylic acids is 1. The maximum atomic E-state index is 13.1. The number of thioether (sulfide) groups is 1. The van der Waals surface area contributed by atoms with Gasteiger partial charge in [-0.1, -0.05) is 67.7 Å². The van der Waals surface area contributed by atoms with Crippen molar-refractivity contribution in [1.29, 1.82) is 0 Å². The number of carboxylic acid groups (broad SMARTS) is 1. The lowest BCUT2D eigenvalue weighted by atomic mass is 9.78. The van der Waals surface area contributed by atoms with Crippen molar-refractivity contribution < 1.29 is 24.5 Å². The third-order valence-electron chi connectivity index (χ3n) is 7.29. The number of carbonyl (C=O) groups is 2. The molecule has 0 bridgehead atoms. The van der Waals surface area contributed by atoms with Crippen LogP contribution in [-0.2, 0) is 25.2 Å².